The molecule has 0 fully saturated rings. The van der Waals surface area contributed by atoms with Gasteiger partial charge in [-0.2, -0.15) is 10.1 Å². The maximum absolute atomic E-state index is 13.2. The van der Waals surface area contributed by atoms with E-state index in [2.05, 4.69) is 42.1 Å². The van der Waals surface area contributed by atoms with Gasteiger partial charge in [0.25, 0.3) is 0 Å². The zero-order valence-electron chi connectivity index (χ0n) is 17.0. The maximum atomic E-state index is 13.2. The minimum absolute atomic E-state index is 0.0709. The third kappa shape index (κ3) is 3.62. The van der Waals surface area contributed by atoms with Gasteiger partial charge in [0.05, 0.1) is 19.2 Å². The fourth-order valence-electron chi connectivity index (χ4n) is 4.09. The molecule has 150 valence electrons. The average Bonchev–Trinajstić information content (AvgIpc) is 3.22. The highest BCUT2D eigenvalue weighted by molar-refractivity contribution is 5.93. The largest absolute Gasteiger partial charge is 0.496 e. The lowest BCUT2D eigenvalue weighted by Crippen LogP contribution is -2.43. The van der Waals surface area contributed by atoms with E-state index in [9.17, 15) is 4.79 Å². The van der Waals surface area contributed by atoms with Crippen LogP contribution < -0.4 is 9.64 Å². The minimum atomic E-state index is -0.117. The summed E-state index contributed by atoms with van der Waals surface area (Å²) in [6.45, 7) is 4.11. The highest BCUT2D eigenvalue weighted by atomic mass is 16.5. The smallest absolute Gasteiger partial charge is 0.231 e. The van der Waals surface area contributed by atoms with Crippen LogP contribution in [0.2, 0.25) is 0 Å². The Morgan fingerprint density at radius 3 is 2.55 bits per heavy atom. The second-order valence-corrected chi connectivity index (χ2v) is 7.79. The Balaban J connectivity index is 1.84. The quantitative estimate of drug-likeness (QED) is 0.648. The lowest BCUT2D eigenvalue weighted by atomic mass is 9.91. The molecule has 6 heteroatoms. The normalized spacial score (nSPS) is 18.6. The van der Waals surface area contributed by atoms with Crippen molar-refractivity contribution < 1.29 is 9.53 Å². The molecule has 6 nitrogen and oxygen atoms in total. The third-order valence-electron chi connectivity index (χ3n) is 5.36. The predicted molar refractivity (Wildman–Crippen MR) is 112 cm³/mol. The highest BCUT2D eigenvalue weighted by Gasteiger charge is 2.40. The molecule has 0 bridgehead atoms. The second kappa shape index (κ2) is 8.07. The molecular formula is C23H26N4O2. The molecule has 0 saturated carbocycles. The Morgan fingerprint density at radius 2 is 1.83 bits per heavy atom. The van der Waals surface area contributed by atoms with Crippen LogP contribution in [-0.4, -0.2) is 27.8 Å². The molecule has 2 heterocycles. The number of para-hydroxylation sites is 1. The summed E-state index contributed by atoms with van der Waals surface area (Å²) in [6, 6.07) is 18.0. The first kappa shape index (κ1) is 19.2. The van der Waals surface area contributed by atoms with E-state index < -0.39 is 0 Å². The number of carbonyl (C=O) groups excluding carboxylic acids is 1. The van der Waals surface area contributed by atoms with E-state index >= 15 is 0 Å². The van der Waals surface area contributed by atoms with Gasteiger partial charge in [0.15, 0.2) is 0 Å². The Hall–Kier alpha value is -3.15. The van der Waals surface area contributed by atoms with Gasteiger partial charge < -0.3 is 4.74 Å². The van der Waals surface area contributed by atoms with Crippen molar-refractivity contribution in [3.8, 4) is 5.75 Å². The first-order chi connectivity index (χ1) is 14.1. The van der Waals surface area contributed by atoms with Crippen molar-refractivity contribution in [2.75, 3.05) is 12.0 Å². The minimum Gasteiger partial charge on any atom is -0.496 e. The van der Waals surface area contributed by atoms with Crippen LogP contribution in [-0.2, 0) is 4.79 Å². The first-order valence-corrected chi connectivity index (χ1v) is 9.99. The van der Waals surface area contributed by atoms with Crippen LogP contribution >= 0.6 is 0 Å². The van der Waals surface area contributed by atoms with Crippen molar-refractivity contribution in [3.05, 3.63) is 72.1 Å². The van der Waals surface area contributed by atoms with Crippen molar-refractivity contribution in [3.63, 3.8) is 0 Å². The van der Waals surface area contributed by atoms with Crippen molar-refractivity contribution in [2.45, 2.75) is 38.8 Å². The van der Waals surface area contributed by atoms with Crippen molar-refractivity contribution in [2.24, 2.45) is 5.92 Å². The van der Waals surface area contributed by atoms with Crippen LogP contribution in [0.5, 0.6) is 5.75 Å². The number of fused-ring (bicyclic) bond motifs is 1. The Bertz CT molecular complexity index is 983. The zero-order chi connectivity index (χ0) is 20.4. The lowest BCUT2D eigenvalue weighted by Gasteiger charge is -2.39. The number of methoxy groups -OCH3 is 1. The number of hydrogen-bond donors (Lipinski definition) is 0. The molecule has 0 radical (unpaired) electrons. The van der Waals surface area contributed by atoms with Gasteiger partial charge in [-0.25, -0.2) is 4.68 Å². The molecule has 2 atom stereocenters. The fourth-order valence-corrected chi connectivity index (χ4v) is 4.09. The molecule has 3 aromatic rings. The predicted octanol–water partition coefficient (Wildman–Crippen LogP) is 4.40. The summed E-state index contributed by atoms with van der Waals surface area (Å²) in [6.07, 6.45) is 2.70. The second-order valence-electron chi connectivity index (χ2n) is 7.79. The monoisotopic (exact) mass is 390 g/mol. The number of anilines is 1. The molecule has 1 amide bonds. The number of carbonyl (C=O) groups is 1. The highest BCUT2D eigenvalue weighted by Crippen LogP contribution is 2.44. The summed E-state index contributed by atoms with van der Waals surface area (Å²) in [7, 11) is 1.68. The number of nitrogens with zero attached hydrogens (tertiary/aromatic N) is 4. The summed E-state index contributed by atoms with van der Waals surface area (Å²) >= 11 is 0. The maximum Gasteiger partial charge on any atom is 0.231 e. The summed E-state index contributed by atoms with van der Waals surface area (Å²) in [5.41, 5.74) is 2.14. The summed E-state index contributed by atoms with van der Waals surface area (Å²) in [5.74, 6) is 1.74. The van der Waals surface area contributed by atoms with Crippen molar-refractivity contribution >= 4 is 11.9 Å². The van der Waals surface area contributed by atoms with E-state index in [1.54, 1.807) is 7.11 Å². The molecule has 2 aromatic carbocycles. The van der Waals surface area contributed by atoms with Gasteiger partial charge in [-0.05, 0) is 24.0 Å². The van der Waals surface area contributed by atoms with E-state index in [-0.39, 0.29) is 23.9 Å². The van der Waals surface area contributed by atoms with Crippen LogP contribution in [0.25, 0.3) is 0 Å². The SMILES string of the molecule is COc1ccccc1[C@H]1C[C@H](c2ccccc2)N(C(=O)CC(C)C)c2ncnn21. The van der Waals surface area contributed by atoms with Crippen LogP contribution in [0.4, 0.5) is 5.95 Å². The molecule has 0 unspecified atom stereocenters. The molecule has 29 heavy (non-hydrogen) atoms. The molecule has 1 aliphatic rings. The third-order valence-corrected chi connectivity index (χ3v) is 5.36. The number of rotatable bonds is 5. The van der Waals surface area contributed by atoms with Gasteiger partial charge in [0.2, 0.25) is 11.9 Å². The fraction of sp³-hybridized carbons (Fsp3) is 0.348. The van der Waals surface area contributed by atoms with Gasteiger partial charge in [-0.1, -0.05) is 62.4 Å². The Morgan fingerprint density at radius 1 is 1.10 bits per heavy atom. The summed E-state index contributed by atoms with van der Waals surface area (Å²) < 4.78 is 7.47. The van der Waals surface area contributed by atoms with E-state index in [1.807, 2.05) is 46.0 Å². The Labute approximate surface area is 171 Å². The molecule has 1 aromatic heterocycles. The Kier molecular flexibility index (Phi) is 5.34. The van der Waals surface area contributed by atoms with E-state index in [4.69, 9.17) is 4.74 Å². The van der Waals surface area contributed by atoms with Crippen LogP contribution in [0.3, 0.4) is 0 Å². The molecular weight excluding hydrogens is 364 g/mol. The van der Waals surface area contributed by atoms with Gasteiger partial charge in [0, 0.05) is 12.0 Å². The number of benzene rings is 2. The van der Waals surface area contributed by atoms with Crippen molar-refractivity contribution in [1.82, 2.24) is 14.8 Å². The van der Waals surface area contributed by atoms with E-state index in [0.29, 0.717) is 18.8 Å². The average molecular weight is 390 g/mol. The van der Waals surface area contributed by atoms with Crippen molar-refractivity contribution in [1.29, 1.82) is 0 Å². The molecule has 4 rings (SSSR count). The molecule has 0 N–H and O–H groups in total. The number of amides is 1. The lowest BCUT2D eigenvalue weighted by molar-refractivity contribution is -0.120. The van der Waals surface area contributed by atoms with E-state index in [1.165, 1.54) is 6.33 Å². The topological polar surface area (TPSA) is 60.2 Å². The van der Waals surface area contributed by atoms with Crippen LogP contribution in [0.1, 0.15) is 49.9 Å². The number of aromatic nitrogens is 3. The van der Waals surface area contributed by atoms with Gasteiger partial charge in [-0.3, -0.25) is 9.69 Å². The molecule has 1 aliphatic heterocycles. The number of hydrogen-bond acceptors (Lipinski definition) is 4. The number of ether oxygens (including phenoxy) is 1. The summed E-state index contributed by atoms with van der Waals surface area (Å²) in [5, 5.41) is 4.49. The van der Waals surface area contributed by atoms with Crippen LogP contribution in [0.15, 0.2) is 60.9 Å². The zero-order valence-corrected chi connectivity index (χ0v) is 17.0. The summed E-state index contributed by atoms with van der Waals surface area (Å²) in [4.78, 5) is 19.6. The van der Waals surface area contributed by atoms with Gasteiger partial charge in [-0.15, -0.1) is 0 Å². The molecule has 0 saturated heterocycles. The van der Waals surface area contributed by atoms with Gasteiger partial charge in [0.1, 0.15) is 12.1 Å². The van der Waals surface area contributed by atoms with Gasteiger partial charge >= 0.3 is 0 Å². The molecule has 0 aliphatic carbocycles. The standard InChI is InChI=1S/C23H26N4O2/c1-16(2)13-22(28)26-19(17-9-5-4-6-10-17)14-20(27-23(26)24-15-25-27)18-11-7-8-12-21(18)29-3/h4-12,15-16,19-20H,13-14H2,1-3H3/t19-,20-/m1/s1. The first-order valence-electron chi connectivity index (χ1n) is 9.99. The van der Waals surface area contributed by atoms with Crippen LogP contribution in [0, 0.1) is 5.92 Å². The van der Waals surface area contributed by atoms with E-state index in [0.717, 1.165) is 16.9 Å². The molecule has 0 spiro atoms.